The number of benzene rings is 9. The Hall–Kier alpha value is -8.67. The monoisotopic (exact) mass is 1010 g/mol. The molecule has 382 valence electrons. The van der Waals surface area contributed by atoms with Gasteiger partial charge in [-0.25, -0.2) is 4.98 Å². The molecule has 5 heteroatoms. The molecule has 0 saturated carbocycles. The van der Waals surface area contributed by atoms with Gasteiger partial charge in [0.05, 0.1) is 28.1 Å². The van der Waals surface area contributed by atoms with Gasteiger partial charge in [-0.05, 0) is 140 Å². The second kappa shape index (κ2) is 17.4. The minimum Gasteiger partial charge on any atom is -0.457 e. The molecule has 2 aromatic heterocycles. The maximum atomic E-state index is 7.47. The van der Waals surface area contributed by atoms with Crippen molar-refractivity contribution in [2.75, 3.05) is 16.5 Å². The Labute approximate surface area is 459 Å². The molecule has 0 atom stereocenters. The molecule has 1 aliphatic heterocycles. The number of para-hydroxylation sites is 3. The number of pyridine rings is 1. The predicted molar refractivity (Wildman–Crippen MR) is 325 cm³/mol. The van der Waals surface area contributed by atoms with Crippen LogP contribution in [0.15, 0.2) is 219 Å². The van der Waals surface area contributed by atoms with Crippen LogP contribution >= 0.6 is 0 Å². The molecule has 3 heterocycles. The maximum Gasteiger partial charge on any atom is 0.137 e. The molecule has 0 radical (unpaired) electrons. The molecule has 0 N–H and O–H groups in total. The van der Waals surface area contributed by atoms with Crippen LogP contribution in [0.5, 0.6) is 11.5 Å². The fraction of sp³-hybridized carbons (Fsp3) is 0.192. The van der Waals surface area contributed by atoms with Crippen molar-refractivity contribution in [2.24, 2.45) is 0 Å². The van der Waals surface area contributed by atoms with E-state index in [9.17, 15) is 0 Å². The standard InChI is InChI=1S/C73H64N4O/c1-70(2,3)50-39-57(47-23-11-9-12-24-47)69(58(40-50)48-25-13-10-14-26-48)76-46-75(63-33-21-22-34-64(63)76)51-42-61-68(72(6,7)45-71(61,4)5)66(43-51)78-52-35-36-56-55-29-17-20-32-62(55)77(65(56)44-52)67-41-49(37-38-74-67)73(8)59-30-18-15-27-53(59)54-28-16-19-31-60(54)73/h9-44H,45-46H2,1-8H3. The van der Waals surface area contributed by atoms with Gasteiger partial charge in [-0.3, -0.25) is 4.57 Å². The summed E-state index contributed by atoms with van der Waals surface area (Å²) >= 11 is 0. The summed E-state index contributed by atoms with van der Waals surface area (Å²) < 4.78 is 9.80. The average molecular weight is 1010 g/mol. The highest BCUT2D eigenvalue weighted by atomic mass is 16.5. The number of aromatic nitrogens is 2. The van der Waals surface area contributed by atoms with Crippen LogP contribution in [-0.4, -0.2) is 16.2 Å². The Kier molecular flexibility index (Phi) is 10.7. The van der Waals surface area contributed by atoms with E-state index in [1.165, 1.54) is 83.5 Å². The molecule has 9 aromatic carbocycles. The van der Waals surface area contributed by atoms with Gasteiger partial charge in [-0.2, -0.15) is 0 Å². The van der Waals surface area contributed by atoms with E-state index in [4.69, 9.17) is 9.72 Å². The highest BCUT2D eigenvalue weighted by Gasteiger charge is 2.46. The number of hydrogen-bond acceptors (Lipinski definition) is 4. The summed E-state index contributed by atoms with van der Waals surface area (Å²) in [7, 11) is 0. The van der Waals surface area contributed by atoms with Crippen LogP contribution in [0.4, 0.5) is 22.7 Å². The summed E-state index contributed by atoms with van der Waals surface area (Å²) in [6, 6.07) is 78.1. The first kappa shape index (κ1) is 47.8. The average Bonchev–Trinajstić information content (AvgIpc) is 4.33. The molecule has 0 amide bonds. The topological polar surface area (TPSA) is 33.5 Å². The molecule has 2 aliphatic carbocycles. The molecule has 11 aromatic rings. The van der Waals surface area contributed by atoms with Crippen LogP contribution < -0.4 is 14.5 Å². The van der Waals surface area contributed by atoms with Crippen molar-refractivity contribution in [3.8, 4) is 50.7 Å². The molecular formula is C73H64N4O. The minimum absolute atomic E-state index is 0.0699. The van der Waals surface area contributed by atoms with Gasteiger partial charge in [0.15, 0.2) is 0 Å². The van der Waals surface area contributed by atoms with Crippen LogP contribution in [0, 0.1) is 0 Å². The lowest BCUT2D eigenvalue weighted by atomic mass is 9.74. The largest absolute Gasteiger partial charge is 0.457 e. The highest BCUT2D eigenvalue weighted by Crippen LogP contribution is 2.58. The molecule has 3 aliphatic rings. The third-order valence-electron chi connectivity index (χ3n) is 17.5. The van der Waals surface area contributed by atoms with Crippen LogP contribution in [0.3, 0.4) is 0 Å². The first-order valence-electron chi connectivity index (χ1n) is 27.7. The van der Waals surface area contributed by atoms with E-state index >= 15 is 0 Å². The molecule has 0 fully saturated rings. The van der Waals surface area contributed by atoms with Crippen LogP contribution in [0.25, 0.3) is 61.0 Å². The number of fused-ring (bicyclic) bond motifs is 8. The van der Waals surface area contributed by atoms with Gasteiger partial charge in [0, 0.05) is 56.9 Å². The van der Waals surface area contributed by atoms with E-state index in [0.717, 1.165) is 51.5 Å². The molecule has 78 heavy (non-hydrogen) atoms. The van der Waals surface area contributed by atoms with Gasteiger partial charge in [-0.1, -0.05) is 188 Å². The summed E-state index contributed by atoms with van der Waals surface area (Å²) in [5.41, 5.74) is 21.3. The van der Waals surface area contributed by atoms with Crippen LogP contribution in [0.1, 0.15) is 95.2 Å². The molecule has 5 nitrogen and oxygen atoms in total. The fourth-order valence-electron chi connectivity index (χ4n) is 14.0. The zero-order valence-electron chi connectivity index (χ0n) is 45.9. The molecule has 0 spiro atoms. The van der Waals surface area contributed by atoms with E-state index in [-0.39, 0.29) is 21.7 Å². The van der Waals surface area contributed by atoms with E-state index in [1.807, 2.05) is 6.20 Å². The quantitative estimate of drug-likeness (QED) is 0.152. The smallest absolute Gasteiger partial charge is 0.137 e. The molecular weight excluding hydrogens is 949 g/mol. The highest BCUT2D eigenvalue weighted by molar-refractivity contribution is 6.09. The van der Waals surface area contributed by atoms with Gasteiger partial charge in [0.25, 0.3) is 0 Å². The van der Waals surface area contributed by atoms with Crippen molar-refractivity contribution in [1.82, 2.24) is 9.55 Å². The SMILES string of the molecule is CC(C)(C)c1cc(-c2ccccc2)c(N2CN(c3cc(Oc4ccc5c6ccccc6n(-c6cc(C7(C)c8ccccc8-c8ccccc87)ccn6)c5c4)c4c(c3)C(C)(C)CC4(C)C)c3ccccc32)c(-c2ccccc2)c1. The third-order valence-corrected chi connectivity index (χ3v) is 17.5. The van der Waals surface area contributed by atoms with Gasteiger partial charge in [0.1, 0.15) is 24.0 Å². The van der Waals surface area contributed by atoms with Gasteiger partial charge in [-0.15, -0.1) is 0 Å². The minimum atomic E-state index is -0.359. The van der Waals surface area contributed by atoms with Crippen molar-refractivity contribution in [2.45, 2.75) is 83.5 Å². The summed E-state index contributed by atoms with van der Waals surface area (Å²) in [5, 5.41) is 2.33. The third kappa shape index (κ3) is 7.38. The number of nitrogens with zero attached hydrogens (tertiary/aromatic N) is 4. The van der Waals surface area contributed by atoms with Gasteiger partial charge < -0.3 is 14.5 Å². The normalized spacial score (nSPS) is 15.6. The van der Waals surface area contributed by atoms with Gasteiger partial charge in [0.2, 0.25) is 0 Å². The lowest BCUT2D eigenvalue weighted by Gasteiger charge is -2.30. The summed E-state index contributed by atoms with van der Waals surface area (Å²) in [6.45, 7) is 19.5. The van der Waals surface area contributed by atoms with Crippen molar-refractivity contribution in [3.63, 3.8) is 0 Å². The fourth-order valence-corrected chi connectivity index (χ4v) is 14.0. The van der Waals surface area contributed by atoms with E-state index in [1.54, 1.807) is 0 Å². The van der Waals surface area contributed by atoms with E-state index < -0.39 is 0 Å². The number of anilines is 4. The second-order valence-electron chi connectivity index (χ2n) is 24.5. The lowest BCUT2D eigenvalue weighted by molar-refractivity contribution is 0.394. The zero-order valence-corrected chi connectivity index (χ0v) is 45.9. The molecule has 14 rings (SSSR count). The van der Waals surface area contributed by atoms with E-state index in [0.29, 0.717) is 6.67 Å². The lowest BCUT2D eigenvalue weighted by Crippen LogP contribution is -2.26. The Morgan fingerprint density at radius 1 is 0.487 bits per heavy atom. The molecule has 0 unspecified atom stereocenters. The number of hydrogen-bond donors (Lipinski definition) is 0. The van der Waals surface area contributed by atoms with Gasteiger partial charge >= 0.3 is 0 Å². The zero-order chi connectivity index (χ0) is 53.3. The number of ether oxygens (including phenoxy) is 1. The van der Waals surface area contributed by atoms with Crippen molar-refractivity contribution in [3.05, 3.63) is 252 Å². The van der Waals surface area contributed by atoms with Crippen molar-refractivity contribution < 1.29 is 4.74 Å². The Morgan fingerprint density at radius 3 is 1.72 bits per heavy atom. The first-order valence-corrected chi connectivity index (χ1v) is 27.7. The van der Waals surface area contributed by atoms with E-state index in [2.05, 4.69) is 282 Å². The predicted octanol–water partition coefficient (Wildman–Crippen LogP) is 19.1. The van der Waals surface area contributed by atoms with Crippen molar-refractivity contribution in [1.29, 1.82) is 0 Å². The maximum absolute atomic E-state index is 7.47. The Bertz CT molecular complexity index is 4090. The Balaban J connectivity index is 0.910. The summed E-state index contributed by atoms with van der Waals surface area (Å²) in [6.07, 6.45) is 2.99. The Morgan fingerprint density at radius 2 is 1.06 bits per heavy atom. The summed E-state index contributed by atoms with van der Waals surface area (Å²) in [4.78, 5) is 10.2. The summed E-state index contributed by atoms with van der Waals surface area (Å²) in [5.74, 6) is 2.56. The number of rotatable bonds is 8. The van der Waals surface area contributed by atoms with Crippen LogP contribution in [-0.2, 0) is 21.7 Å². The molecule has 0 saturated heterocycles. The van der Waals surface area contributed by atoms with Crippen molar-refractivity contribution >= 4 is 44.6 Å². The molecule has 0 bridgehead atoms. The van der Waals surface area contributed by atoms with Crippen LogP contribution in [0.2, 0.25) is 0 Å². The second-order valence-corrected chi connectivity index (χ2v) is 24.5. The first-order chi connectivity index (χ1) is 37.7.